The number of carbonyl (C=O) groups excluding carboxylic acids is 1. The van der Waals surface area contributed by atoms with Crippen LogP contribution in [0.3, 0.4) is 0 Å². The summed E-state index contributed by atoms with van der Waals surface area (Å²) in [5, 5.41) is 6.37. The predicted molar refractivity (Wildman–Crippen MR) is 77.8 cm³/mol. The largest absolute Gasteiger partial charge is 0.321 e. The third-order valence-corrected chi connectivity index (χ3v) is 3.67. The first-order valence-corrected chi connectivity index (χ1v) is 7.08. The zero-order chi connectivity index (χ0) is 13.5. The SMILES string of the molecule is C=C/C=C\C=C1/CCCN(C2CCNCC2)C(=O)N1. The second kappa shape index (κ2) is 7.14. The molecule has 0 unspecified atom stereocenters. The van der Waals surface area contributed by atoms with E-state index in [9.17, 15) is 4.79 Å². The Morgan fingerprint density at radius 1 is 1.26 bits per heavy atom. The average Bonchev–Trinajstić information content (AvgIpc) is 2.62. The van der Waals surface area contributed by atoms with Gasteiger partial charge in [0.05, 0.1) is 0 Å². The van der Waals surface area contributed by atoms with Crippen LogP contribution in [0.5, 0.6) is 0 Å². The highest BCUT2D eigenvalue weighted by molar-refractivity contribution is 5.77. The minimum Gasteiger partial charge on any atom is -0.321 e. The second-order valence-electron chi connectivity index (χ2n) is 5.02. The van der Waals surface area contributed by atoms with Gasteiger partial charge < -0.3 is 15.5 Å². The van der Waals surface area contributed by atoms with Gasteiger partial charge in [0.1, 0.15) is 0 Å². The molecular weight excluding hydrogens is 238 g/mol. The highest BCUT2D eigenvalue weighted by atomic mass is 16.2. The van der Waals surface area contributed by atoms with E-state index in [-0.39, 0.29) is 6.03 Å². The average molecular weight is 261 g/mol. The van der Waals surface area contributed by atoms with Crippen molar-refractivity contribution < 1.29 is 4.79 Å². The summed E-state index contributed by atoms with van der Waals surface area (Å²) in [6.07, 6.45) is 11.6. The number of allylic oxidation sites excluding steroid dienone is 5. The number of amides is 2. The summed E-state index contributed by atoms with van der Waals surface area (Å²) in [5.74, 6) is 0. The first-order chi connectivity index (χ1) is 9.31. The Hall–Kier alpha value is -1.55. The van der Waals surface area contributed by atoms with E-state index in [1.165, 1.54) is 0 Å². The van der Waals surface area contributed by atoms with E-state index < -0.39 is 0 Å². The standard InChI is InChI=1S/C15H23N3O/c1-2-3-4-6-13-7-5-12-18(15(19)17-13)14-8-10-16-11-9-14/h2-4,6,14,16H,1,5,7-12H2,(H,17,19)/b4-3-,13-6+. The molecule has 2 rings (SSSR count). The van der Waals surface area contributed by atoms with Gasteiger partial charge in [-0.3, -0.25) is 0 Å². The van der Waals surface area contributed by atoms with E-state index in [0.717, 1.165) is 51.0 Å². The number of rotatable bonds is 3. The molecule has 104 valence electrons. The molecule has 4 nitrogen and oxygen atoms in total. The van der Waals surface area contributed by atoms with Crippen molar-refractivity contribution in [1.82, 2.24) is 15.5 Å². The third-order valence-electron chi connectivity index (χ3n) is 3.67. The van der Waals surface area contributed by atoms with Gasteiger partial charge in [0, 0.05) is 18.3 Å². The highest BCUT2D eigenvalue weighted by Crippen LogP contribution is 2.17. The lowest BCUT2D eigenvalue weighted by atomic mass is 10.0. The van der Waals surface area contributed by atoms with Crippen molar-refractivity contribution in [3.8, 4) is 0 Å². The van der Waals surface area contributed by atoms with Crippen LogP contribution in [0.2, 0.25) is 0 Å². The first kappa shape index (κ1) is 13.9. The van der Waals surface area contributed by atoms with Crippen molar-refractivity contribution in [3.63, 3.8) is 0 Å². The second-order valence-corrected chi connectivity index (χ2v) is 5.02. The number of hydrogen-bond acceptors (Lipinski definition) is 2. The van der Waals surface area contributed by atoms with E-state index in [4.69, 9.17) is 0 Å². The number of nitrogens with one attached hydrogen (secondary N) is 2. The molecule has 0 bridgehead atoms. The monoisotopic (exact) mass is 261 g/mol. The molecule has 2 amide bonds. The van der Waals surface area contributed by atoms with Crippen LogP contribution in [0, 0.1) is 0 Å². The Bertz CT molecular complexity index is 381. The van der Waals surface area contributed by atoms with Crippen LogP contribution in [-0.2, 0) is 0 Å². The maximum absolute atomic E-state index is 12.3. The molecule has 4 heteroatoms. The molecular formula is C15H23N3O. The summed E-state index contributed by atoms with van der Waals surface area (Å²) in [6, 6.07) is 0.451. The fourth-order valence-corrected chi connectivity index (χ4v) is 2.66. The Balaban J connectivity index is 1.98. The number of nitrogens with zero attached hydrogens (tertiary/aromatic N) is 1. The fraction of sp³-hybridized carbons (Fsp3) is 0.533. The maximum atomic E-state index is 12.3. The van der Waals surface area contributed by atoms with E-state index >= 15 is 0 Å². The van der Waals surface area contributed by atoms with Gasteiger partial charge in [0.25, 0.3) is 0 Å². The number of urea groups is 1. The van der Waals surface area contributed by atoms with Crippen LogP contribution >= 0.6 is 0 Å². The van der Waals surface area contributed by atoms with Gasteiger partial charge in [0.2, 0.25) is 0 Å². The molecule has 2 aliphatic heterocycles. The number of hydrogen-bond donors (Lipinski definition) is 2. The van der Waals surface area contributed by atoms with E-state index in [1.54, 1.807) is 6.08 Å². The van der Waals surface area contributed by atoms with Crippen molar-refractivity contribution in [2.75, 3.05) is 19.6 Å². The molecule has 0 radical (unpaired) electrons. The van der Waals surface area contributed by atoms with Crippen molar-refractivity contribution >= 4 is 6.03 Å². The van der Waals surface area contributed by atoms with E-state index in [2.05, 4.69) is 17.2 Å². The topological polar surface area (TPSA) is 44.4 Å². The molecule has 2 aliphatic rings. The Morgan fingerprint density at radius 2 is 2.05 bits per heavy atom. The van der Waals surface area contributed by atoms with Gasteiger partial charge in [-0.1, -0.05) is 24.8 Å². The molecule has 0 spiro atoms. The fourth-order valence-electron chi connectivity index (χ4n) is 2.66. The summed E-state index contributed by atoms with van der Waals surface area (Å²) in [7, 11) is 0. The van der Waals surface area contributed by atoms with Crippen LogP contribution in [-0.4, -0.2) is 36.6 Å². The molecule has 2 fully saturated rings. The molecule has 2 saturated heterocycles. The van der Waals surface area contributed by atoms with Gasteiger partial charge in [0.15, 0.2) is 0 Å². The van der Waals surface area contributed by atoms with Crippen LogP contribution in [0.25, 0.3) is 0 Å². The maximum Gasteiger partial charge on any atom is 0.321 e. The van der Waals surface area contributed by atoms with Gasteiger partial charge in [-0.05, 0) is 44.8 Å². The van der Waals surface area contributed by atoms with E-state index in [0.29, 0.717) is 6.04 Å². The lowest BCUT2D eigenvalue weighted by Crippen LogP contribution is -2.48. The van der Waals surface area contributed by atoms with Gasteiger partial charge in [-0.2, -0.15) is 0 Å². The first-order valence-electron chi connectivity index (χ1n) is 7.08. The van der Waals surface area contributed by atoms with Gasteiger partial charge in [-0.15, -0.1) is 0 Å². The molecule has 0 saturated carbocycles. The lowest BCUT2D eigenvalue weighted by Gasteiger charge is -2.33. The molecule has 0 aromatic rings. The van der Waals surface area contributed by atoms with Crippen LogP contribution in [0.4, 0.5) is 4.79 Å². The quantitative estimate of drug-likeness (QED) is 0.765. The minimum absolute atomic E-state index is 0.0580. The van der Waals surface area contributed by atoms with Crippen LogP contribution in [0.1, 0.15) is 25.7 Å². The molecule has 0 aromatic carbocycles. The van der Waals surface area contributed by atoms with Crippen LogP contribution in [0.15, 0.2) is 36.6 Å². The van der Waals surface area contributed by atoms with Crippen LogP contribution < -0.4 is 10.6 Å². The smallest absolute Gasteiger partial charge is 0.321 e. The Kier molecular flexibility index (Phi) is 5.21. The molecule has 0 aromatic heterocycles. The predicted octanol–water partition coefficient (Wildman–Crippen LogP) is 2.17. The van der Waals surface area contributed by atoms with Crippen molar-refractivity contribution in [2.45, 2.75) is 31.7 Å². The minimum atomic E-state index is 0.0580. The summed E-state index contributed by atoms with van der Waals surface area (Å²) >= 11 is 0. The van der Waals surface area contributed by atoms with Gasteiger partial charge in [-0.25, -0.2) is 4.79 Å². The number of carbonyl (C=O) groups is 1. The summed E-state index contributed by atoms with van der Waals surface area (Å²) in [4.78, 5) is 14.3. The zero-order valence-electron chi connectivity index (χ0n) is 11.4. The molecule has 0 aliphatic carbocycles. The zero-order valence-corrected chi connectivity index (χ0v) is 11.4. The van der Waals surface area contributed by atoms with Gasteiger partial charge >= 0.3 is 6.03 Å². The van der Waals surface area contributed by atoms with Crippen molar-refractivity contribution in [2.24, 2.45) is 0 Å². The van der Waals surface area contributed by atoms with E-state index in [1.807, 2.05) is 23.1 Å². The molecule has 2 N–H and O–H groups in total. The highest BCUT2D eigenvalue weighted by Gasteiger charge is 2.27. The van der Waals surface area contributed by atoms with Crippen molar-refractivity contribution in [3.05, 3.63) is 36.6 Å². The molecule has 0 atom stereocenters. The summed E-state index contributed by atoms with van der Waals surface area (Å²) < 4.78 is 0. The lowest BCUT2D eigenvalue weighted by molar-refractivity contribution is 0.164. The summed E-state index contributed by atoms with van der Waals surface area (Å²) in [5.41, 5.74) is 1.000. The normalized spacial score (nSPS) is 24.5. The van der Waals surface area contributed by atoms with Crippen molar-refractivity contribution in [1.29, 1.82) is 0 Å². The molecule has 19 heavy (non-hydrogen) atoms. The summed E-state index contributed by atoms with van der Waals surface area (Å²) in [6.45, 7) is 6.52. The third kappa shape index (κ3) is 3.96. The Labute approximate surface area is 115 Å². The molecule has 2 heterocycles. The number of piperidine rings is 1. The Morgan fingerprint density at radius 3 is 2.79 bits per heavy atom.